The molecule has 72 valence electrons. The summed E-state index contributed by atoms with van der Waals surface area (Å²) in [6.07, 6.45) is 5.07. The molecule has 0 spiro atoms. The van der Waals surface area contributed by atoms with E-state index >= 15 is 0 Å². The molecule has 0 amide bonds. The minimum atomic E-state index is -0.419. The summed E-state index contributed by atoms with van der Waals surface area (Å²) in [5, 5.41) is 13.2. The van der Waals surface area contributed by atoms with Gasteiger partial charge in [-0.1, -0.05) is 0 Å². The fraction of sp³-hybridized carbons (Fsp3) is 0.667. The number of hydrogen-bond donors (Lipinski definition) is 3. The first-order valence-corrected chi connectivity index (χ1v) is 4.76. The quantitative estimate of drug-likeness (QED) is 0.620. The maximum absolute atomic E-state index is 9.91. The molecule has 2 rings (SSSR count). The Balaban J connectivity index is 1.99. The molecular weight excluding hydrogens is 166 g/mol. The van der Waals surface area contributed by atoms with Gasteiger partial charge in [-0.15, -0.1) is 0 Å². The third-order valence-electron chi connectivity index (χ3n) is 2.63. The molecule has 0 unspecified atom stereocenters. The summed E-state index contributed by atoms with van der Waals surface area (Å²) in [6, 6.07) is 0. The number of imidazole rings is 1. The van der Waals surface area contributed by atoms with Crippen molar-refractivity contribution >= 4 is 0 Å². The molecule has 0 radical (unpaired) electrons. The van der Waals surface area contributed by atoms with Crippen LogP contribution in [0.1, 0.15) is 24.8 Å². The summed E-state index contributed by atoms with van der Waals surface area (Å²) in [5.74, 6) is 1.05. The van der Waals surface area contributed by atoms with Crippen molar-refractivity contribution in [1.82, 2.24) is 15.3 Å². The lowest BCUT2D eigenvalue weighted by atomic mass is 9.92. The van der Waals surface area contributed by atoms with Crippen molar-refractivity contribution in [1.29, 1.82) is 0 Å². The van der Waals surface area contributed by atoms with Crippen molar-refractivity contribution in [3.8, 4) is 0 Å². The number of nitrogens with one attached hydrogen (secondary N) is 2. The summed E-state index contributed by atoms with van der Waals surface area (Å²) in [4.78, 5) is 7.02. The van der Waals surface area contributed by atoms with Gasteiger partial charge in [0.05, 0.1) is 0 Å². The van der Waals surface area contributed by atoms with E-state index in [-0.39, 0.29) is 0 Å². The number of aromatic amines is 1. The first kappa shape index (κ1) is 8.72. The van der Waals surface area contributed by atoms with Gasteiger partial charge < -0.3 is 15.4 Å². The topological polar surface area (TPSA) is 60.9 Å². The second kappa shape index (κ2) is 3.89. The smallest absolute Gasteiger partial charge is 0.135 e. The Bertz CT molecular complexity index is 241. The number of aromatic nitrogens is 2. The predicted molar refractivity (Wildman–Crippen MR) is 49.1 cm³/mol. The fourth-order valence-corrected chi connectivity index (χ4v) is 1.82. The number of aliphatic hydroxyl groups is 1. The van der Waals surface area contributed by atoms with E-state index in [1.807, 2.05) is 0 Å². The standard InChI is InChI=1S/C9H15N3O/c13-8(9-11-5-6-12-9)7-1-3-10-4-2-7/h5-8,10,13H,1-4H2,(H,11,12)/t8-/m0/s1. The highest BCUT2D eigenvalue weighted by Gasteiger charge is 2.24. The van der Waals surface area contributed by atoms with Crippen LogP contribution < -0.4 is 5.32 Å². The third kappa shape index (κ3) is 1.89. The Hall–Kier alpha value is -0.870. The van der Waals surface area contributed by atoms with Crippen LogP contribution in [-0.2, 0) is 0 Å². The normalized spacial score (nSPS) is 21.6. The minimum absolute atomic E-state index is 0.354. The zero-order valence-corrected chi connectivity index (χ0v) is 7.53. The number of nitrogens with zero attached hydrogens (tertiary/aromatic N) is 1. The molecule has 1 aliphatic rings. The van der Waals surface area contributed by atoms with Gasteiger partial charge in [0.2, 0.25) is 0 Å². The van der Waals surface area contributed by atoms with Gasteiger partial charge in [-0.25, -0.2) is 4.98 Å². The highest BCUT2D eigenvalue weighted by atomic mass is 16.3. The van der Waals surface area contributed by atoms with Crippen molar-refractivity contribution in [2.24, 2.45) is 5.92 Å². The lowest BCUT2D eigenvalue weighted by Crippen LogP contribution is -2.31. The van der Waals surface area contributed by atoms with Crippen LogP contribution in [0.4, 0.5) is 0 Å². The SMILES string of the molecule is O[C@H](c1ncc[nH]1)C1CCNCC1. The zero-order chi connectivity index (χ0) is 9.10. The Kier molecular flexibility index (Phi) is 2.61. The van der Waals surface area contributed by atoms with Crippen molar-refractivity contribution in [3.63, 3.8) is 0 Å². The van der Waals surface area contributed by atoms with Crippen LogP contribution in [-0.4, -0.2) is 28.2 Å². The number of aliphatic hydroxyl groups excluding tert-OH is 1. The van der Waals surface area contributed by atoms with E-state index in [1.165, 1.54) is 0 Å². The fourth-order valence-electron chi connectivity index (χ4n) is 1.82. The van der Waals surface area contributed by atoms with Crippen LogP contribution in [0, 0.1) is 5.92 Å². The third-order valence-corrected chi connectivity index (χ3v) is 2.63. The van der Waals surface area contributed by atoms with E-state index in [9.17, 15) is 5.11 Å². The van der Waals surface area contributed by atoms with E-state index in [0.29, 0.717) is 11.7 Å². The van der Waals surface area contributed by atoms with Crippen LogP contribution in [0.2, 0.25) is 0 Å². The van der Waals surface area contributed by atoms with Gasteiger partial charge in [0, 0.05) is 12.4 Å². The van der Waals surface area contributed by atoms with Gasteiger partial charge in [0.25, 0.3) is 0 Å². The average Bonchev–Trinajstić information content (AvgIpc) is 2.71. The van der Waals surface area contributed by atoms with Crippen molar-refractivity contribution < 1.29 is 5.11 Å². The molecule has 4 nitrogen and oxygen atoms in total. The molecule has 3 N–H and O–H groups in total. The van der Waals surface area contributed by atoms with Gasteiger partial charge in [-0.3, -0.25) is 0 Å². The molecule has 1 aromatic rings. The van der Waals surface area contributed by atoms with E-state index < -0.39 is 6.10 Å². The maximum atomic E-state index is 9.91. The molecule has 4 heteroatoms. The lowest BCUT2D eigenvalue weighted by Gasteiger charge is -2.25. The molecule has 1 atom stereocenters. The second-order valence-electron chi connectivity index (χ2n) is 3.51. The summed E-state index contributed by atoms with van der Waals surface area (Å²) in [6.45, 7) is 2.00. The average molecular weight is 181 g/mol. The first-order chi connectivity index (χ1) is 6.38. The van der Waals surface area contributed by atoms with E-state index in [1.54, 1.807) is 12.4 Å². The molecule has 1 saturated heterocycles. The molecule has 0 aromatic carbocycles. The predicted octanol–water partition coefficient (Wildman–Crippen LogP) is 0.443. The second-order valence-corrected chi connectivity index (χ2v) is 3.51. The molecule has 0 saturated carbocycles. The van der Waals surface area contributed by atoms with E-state index in [0.717, 1.165) is 25.9 Å². The maximum Gasteiger partial charge on any atom is 0.135 e. The number of H-pyrrole nitrogens is 1. The van der Waals surface area contributed by atoms with Crippen molar-refractivity contribution in [2.45, 2.75) is 18.9 Å². The minimum Gasteiger partial charge on any atom is -0.385 e. The summed E-state index contributed by atoms with van der Waals surface area (Å²) in [5.41, 5.74) is 0. The van der Waals surface area contributed by atoms with Gasteiger partial charge >= 0.3 is 0 Å². The number of rotatable bonds is 2. The Morgan fingerprint density at radius 1 is 1.46 bits per heavy atom. The molecule has 1 fully saturated rings. The molecule has 0 aliphatic carbocycles. The molecule has 1 aliphatic heterocycles. The van der Waals surface area contributed by atoms with Crippen LogP contribution in [0.5, 0.6) is 0 Å². The zero-order valence-electron chi connectivity index (χ0n) is 7.53. The summed E-state index contributed by atoms with van der Waals surface area (Å²) < 4.78 is 0. The Morgan fingerprint density at radius 2 is 2.23 bits per heavy atom. The molecule has 1 aromatic heterocycles. The molecule has 2 heterocycles. The van der Waals surface area contributed by atoms with E-state index in [4.69, 9.17) is 0 Å². The lowest BCUT2D eigenvalue weighted by molar-refractivity contribution is 0.0818. The number of piperidine rings is 1. The van der Waals surface area contributed by atoms with Gasteiger partial charge in [-0.2, -0.15) is 0 Å². The Morgan fingerprint density at radius 3 is 2.85 bits per heavy atom. The highest BCUT2D eigenvalue weighted by Crippen LogP contribution is 2.26. The highest BCUT2D eigenvalue weighted by molar-refractivity contribution is 4.95. The van der Waals surface area contributed by atoms with Crippen LogP contribution >= 0.6 is 0 Å². The van der Waals surface area contributed by atoms with Gasteiger partial charge in [-0.05, 0) is 31.8 Å². The van der Waals surface area contributed by atoms with Crippen LogP contribution in [0.3, 0.4) is 0 Å². The van der Waals surface area contributed by atoms with E-state index in [2.05, 4.69) is 15.3 Å². The summed E-state index contributed by atoms with van der Waals surface area (Å²) in [7, 11) is 0. The molecular formula is C9H15N3O. The number of hydrogen-bond acceptors (Lipinski definition) is 3. The molecule has 13 heavy (non-hydrogen) atoms. The van der Waals surface area contributed by atoms with Crippen molar-refractivity contribution in [3.05, 3.63) is 18.2 Å². The van der Waals surface area contributed by atoms with Crippen molar-refractivity contribution in [2.75, 3.05) is 13.1 Å². The Labute approximate surface area is 77.4 Å². The van der Waals surface area contributed by atoms with Gasteiger partial charge in [0.1, 0.15) is 11.9 Å². The molecule has 0 bridgehead atoms. The monoisotopic (exact) mass is 181 g/mol. The summed E-state index contributed by atoms with van der Waals surface area (Å²) >= 11 is 0. The van der Waals surface area contributed by atoms with Crippen LogP contribution in [0.25, 0.3) is 0 Å². The first-order valence-electron chi connectivity index (χ1n) is 4.76. The van der Waals surface area contributed by atoms with Crippen LogP contribution in [0.15, 0.2) is 12.4 Å². The van der Waals surface area contributed by atoms with Gasteiger partial charge in [0.15, 0.2) is 0 Å². The largest absolute Gasteiger partial charge is 0.385 e.